The second kappa shape index (κ2) is 4.47. The third kappa shape index (κ3) is 2.39. The minimum atomic E-state index is -2.61. The van der Waals surface area contributed by atoms with E-state index in [-0.39, 0.29) is 48.7 Å². The van der Waals surface area contributed by atoms with Crippen molar-refractivity contribution in [2.24, 2.45) is 5.92 Å². The highest BCUT2D eigenvalue weighted by Gasteiger charge is 2.36. The molecule has 1 aliphatic rings. The third-order valence-corrected chi connectivity index (χ3v) is 3.28. The van der Waals surface area contributed by atoms with E-state index in [9.17, 15) is 8.78 Å². The van der Waals surface area contributed by atoms with Gasteiger partial charge in [-0.15, -0.1) is 0 Å². The molecule has 0 bridgehead atoms. The van der Waals surface area contributed by atoms with Crippen molar-refractivity contribution in [2.45, 2.75) is 31.6 Å². The van der Waals surface area contributed by atoms with Crippen molar-refractivity contribution in [2.75, 3.05) is 5.73 Å². The van der Waals surface area contributed by atoms with Crippen LogP contribution in [-0.2, 0) is 0 Å². The Labute approximate surface area is 103 Å². The molecule has 1 aliphatic carbocycles. The fourth-order valence-electron chi connectivity index (χ4n) is 2.15. The summed E-state index contributed by atoms with van der Waals surface area (Å²) in [5.41, 5.74) is 5.43. The summed E-state index contributed by atoms with van der Waals surface area (Å²) < 4.78 is 27.4. The molecule has 2 rings (SSSR count). The number of nitrogen functional groups attached to an aromatic ring is 1. The minimum Gasteiger partial charge on any atom is -0.381 e. The Kier molecular flexibility index (Phi) is 3.14. The fraction of sp³-hybridized carbons (Fsp3) is 0.545. The Hall–Kier alpha value is -1.79. The maximum Gasteiger partial charge on any atom is 0.248 e. The van der Waals surface area contributed by atoms with Crippen LogP contribution in [0.4, 0.5) is 14.6 Å². The first-order valence-corrected chi connectivity index (χ1v) is 5.75. The van der Waals surface area contributed by atoms with Crippen LogP contribution in [0.5, 0.6) is 0 Å². The molecule has 0 atom stereocenters. The van der Waals surface area contributed by atoms with Gasteiger partial charge in [0, 0.05) is 31.2 Å². The Bertz CT molecular complexity index is 512. The van der Waals surface area contributed by atoms with Gasteiger partial charge in [0.25, 0.3) is 0 Å². The zero-order valence-corrected chi connectivity index (χ0v) is 9.79. The largest absolute Gasteiger partial charge is 0.381 e. The van der Waals surface area contributed by atoms with Gasteiger partial charge < -0.3 is 5.73 Å². The summed E-state index contributed by atoms with van der Waals surface area (Å²) in [7, 11) is 0. The van der Waals surface area contributed by atoms with Gasteiger partial charge in [-0.3, -0.25) is 15.4 Å². The molecule has 0 unspecified atom stereocenters. The Morgan fingerprint density at radius 1 is 1.44 bits per heavy atom. The molecule has 5 nitrogen and oxygen atoms in total. The third-order valence-electron chi connectivity index (χ3n) is 3.28. The average Bonchev–Trinajstić information content (AvgIpc) is 2.32. The Balaban J connectivity index is 2.18. The van der Waals surface area contributed by atoms with Crippen LogP contribution in [0.2, 0.25) is 0 Å². The first kappa shape index (κ1) is 12.7. The molecule has 1 heterocycles. The SMILES string of the molecule is N=C(C1CCC(F)(F)CC1)n1ccnc(N)c1=N. The number of nitrogens with one attached hydrogen (secondary N) is 2. The van der Waals surface area contributed by atoms with Gasteiger partial charge in [0.15, 0.2) is 11.3 Å². The van der Waals surface area contributed by atoms with Gasteiger partial charge in [-0.25, -0.2) is 13.8 Å². The van der Waals surface area contributed by atoms with Gasteiger partial charge in [-0.2, -0.15) is 0 Å². The molecule has 0 aliphatic heterocycles. The van der Waals surface area contributed by atoms with E-state index in [1.807, 2.05) is 0 Å². The number of alkyl halides is 2. The van der Waals surface area contributed by atoms with Crippen LogP contribution in [-0.4, -0.2) is 21.3 Å². The number of nitrogens with two attached hydrogens (primary N) is 1. The number of anilines is 1. The average molecular weight is 255 g/mol. The highest BCUT2D eigenvalue weighted by molar-refractivity contribution is 5.84. The molecule has 0 aromatic carbocycles. The maximum absolute atomic E-state index is 13.0. The molecule has 4 N–H and O–H groups in total. The zero-order valence-electron chi connectivity index (χ0n) is 9.79. The lowest BCUT2D eigenvalue weighted by atomic mass is 9.86. The van der Waals surface area contributed by atoms with E-state index in [4.69, 9.17) is 16.6 Å². The van der Waals surface area contributed by atoms with E-state index in [0.717, 1.165) is 0 Å². The zero-order chi connectivity index (χ0) is 13.3. The Morgan fingerprint density at radius 3 is 2.67 bits per heavy atom. The molecule has 0 amide bonds. The first-order chi connectivity index (χ1) is 8.41. The molecule has 1 fully saturated rings. The van der Waals surface area contributed by atoms with Gasteiger partial charge in [0.1, 0.15) is 5.84 Å². The summed E-state index contributed by atoms with van der Waals surface area (Å²) in [6.45, 7) is 0. The molecular formula is C11H15F2N5. The summed E-state index contributed by atoms with van der Waals surface area (Å²) in [4.78, 5) is 3.74. The standard InChI is InChI=1S/C11H15F2N5/c12-11(13)3-1-7(2-4-11)9(15)18-6-5-17-8(14)10(18)16/h5-7,15-16H,1-4H2,(H2,14,17). The van der Waals surface area contributed by atoms with E-state index in [1.165, 1.54) is 17.0 Å². The molecular weight excluding hydrogens is 240 g/mol. The lowest BCUT2D eigenvalue weighted by Gasteiger charge is -2.29. The van der Waals surface area contributed by atoms with Crippen LogP contribution in [0.15, 0.2) is 12.4 Å². The summed E-state index contributed by atoms with van der Waals surface area (Å²) >= 11 is 0. The van der Waals surface area contributed by atoms with E-state index >= 15 is 0 Å². The quantitative estimate of drug-likeness (QED) is 0.525. The Morgan fingerprint density at radius 2 is 2.06 bits per heavy atom. The van der Waals surface area contributed by atoms with Gasteiger partial charge in [0.2, 0.25) is 5.92 Å². The van der Waals surface area contributed by atoms with Crippen molar-refractivity contribution in [3.8, 4) is 0 Å². The molecule has 7 heteroatoms. The normalized spacial score (nSPS) is 19.7. The monoisotopic (exact) mass is 255 g/mol. The van der Waals surface area contributed by atoms with E-state index < -0.39 is 5.92 Å². The molecule has 0 radical (unpaired) electrons. The molecule has 1 aromatic heterocycles. The molecule has 18 heavy (non-hydrogen) atoms. The highest BCUT2D eigenvalue weighted by atomic mass is 19.3. The number of hydrogen-bond acceptors (Lipinski definition) is 4. The predicted molar refractivity (Wildman–Crippen MR) is 62.5 cm³/mol. The lowest BCUT2D eigenvalue weighted by Crippen LogP contribution is -2.36. The lowest BCUT2D eigenvalue weighted by molar-refractivity contribution is -0.0396. The van der Waals surface area contributed by atoms with Crippen LogP contribution in [0.25, 0.3) is 0 Å². The van der Waals surface area contributed by atoms with Crippen LogP contribution in [0.1, 0.15) is 25.7 Å². The van der Waals surface area contributed by atoms with Crippen molar-refractivity contribution in [1.82, 2.24) is 9.55 Å². The van der Waals surface area contributed by atoms with Gasteiger partial charge in [-0.1, -0.05) is 0 Å². The molecule has 98 valence electrons. The number of nitrogens with zero attached hydrogens (tertiary/aromatic N) is 2. The fourth-order valence-corrected chi connectivity index (χ4v) is 2.15. The van der Waals surface area contributed by atoms with Crippen molar-refractivity contribution in [3.63, 3.8) is 0 Å². The first-order valence-electron chi connectivity index (χ1n) is 5.75. The molecule has 1 saturated carbocycles. The van der Waals surface area contributed by atoms with Crippen molar-refractivity contribution in [1.29, 1.82) is 10.8 Å². The number of hydrogen-bond donors (Lipinski definition) is 3. The van der Waals surface area contributed by atoms with Gasteiger partial charge >= 0.3 is 0 Å². The summed E-state index contributed by atoms with van der Waals surface area (Å²) in [6, 6.07) is 0. The summed E-state index contributed by atoms with van der Waals surface area (Å²) in [5.74, 6) is -2.68. The van der Waals surface area contributed by atoms with Crippen LogP contribution >= 0.6 is 0 Å². The number of aromatic nitrogens is 2. The van der Waals surface area contributed by atoms with Crippen molar-refractivity contribution in [3.05, 3.63) is 17.9 Å². The van der Waals surface area contributed by atoms with E-state index in [1.54, 1.807) is 0 Å². The summed E-state index contributed by atoms with van der Waals surface area (Å²) in [5, 5.41) is 15.7. The van der Waals surface area contributed by atoms with Crippen LogP contribution in [0, 0.1) is 16.7 Å². The topological polar surface area (TPSA) is 91.5 Å². The highest BCUT2D eigenvalue weighted by Crippen LogP contribution is 2.36. The number of halogens is 2. The van der Waals surface area contributed by atoms with Crippen LogP contribution in [0.3, 0.4) is 0 Å². The van der Waals surface area contributed by atoms with Gasteiger partial charge in [0.05, 0.1) is 0 Å². The van der Waals surface area contributed by atoms with Gasteiger partial charge in [-0.05, 0) is 12.8 Å². The molecule has 0 saturated heterocycles. The van der Waals surface area contributed by atoms with E-state index in [0.29, 0.717) is 0 Å². The van der Waals surface area contributed by atoms with Crippen LogP contribution < -0.4 is 11.2 Å². The smallest absolute Gasteiger partial charge is 0.248 e. The second-order valence-electron chi connectivity index (χ2n) is 4.55. The van der Waals surface area contributed by atoms with Crippen molar-refractivity contribution >= 4 is 11.7 Å². The predicted octanol–water partition coefficient (Wildman–Crippen LogP) is 1.60. The second-order valence-corrected chi connectivity index (χ2v) is 4.55. The maximum atomic E-state index is 13.0. The number of rotatable bonds is 1. The van der Waals surface area contributed by atoms with Crippen molar-refractivity contribution < 1.29 is 8.78 Å². The summed E-state index contributed by atoms with van der Waals surface area (Å²) in [6.07, 6.45) is 3.00. The minimum absolute atomic E-state index is 0.0309. The molecule has 0 spiro atoms. The van der Waals surface area contributed by atoms with E-state index in [2.05, 4.69) is 4.98 Å². The molecule has 1 aromatic rings.